The van der Waals surface area contributed by atoms with Crippen LogP contribution >= 0.6 is 0 Å². The Labute approximate surface area is 112 Å². The smallest absolute Gasteiger partial charge is 0.0558 e. The molecule has 0 aromatic heterocycles. The Morgan fingerprint density at radius 1 is 1.17 bits per heavy atom. The van der Waals surface area contributed by atoms with Crippen LogP contribution in [0.2, 0.25) is 0 Å². The summed E-state index contributed by atoms with van der Waals surface area (Å²) in [4.78, 5) is 2.53. The third kappa shape index (κ3) is 3.94. The van der Waals surface area contributed by atoms with Gasteiger partial charge in [0.05, 0.1) is 6.61 Å². The third-order valence-corrected chi connectivity index (χ3v) is 4.83. The first-order valence-electron chi connectivity index (χ1n) is 7.81. The first-order valence-corrected chi connectivity index (χ1v) is 7.81. The molecule has 0 amide bonds. The molecule has 106 valence electrons. The maximum atomic E-state index is 9.23. The van der Waals surface area contributed by atoms with Crippen LogP contribution in [-0.2, 0) is 0 Å². The van der Waals surface area contributed by atoms with Gasteiger partial charge >= 0.3 is 0 Å². The summed E-state index contributed by atoms with van der Waals surface area (Å²) in [6, 6.07) is 1.56. The molecule has 18 heavy (non-hydrogen) atoms. The molecule has 2 fully saturated rings. The highest BCUT2D eigenvalue weighted by atomic mass is 16.3. The van der Waals surface area contributed by atoms with Gasteiger partial charge in [0, 0.05) is 31.7 Å². The van der Waals surface area contributed by atoms with Crippen molar-refractivity contribution in [3.63, 3.8) is 0 Å². The number of hydrogen-bond donors (Lipinski definition) is 2. The molecule has 2 rings (SSSR count). The standard InChI is InChI=1S/C15H30N2O/c1-3-15(4-2,11-16-13-5-6-13)12-17(9-10-18)14-7-8-14/h13-14,16,18H,3-12H2,1-2H3. The molecule has 0 bridgehead atoms. The second kappa shape index (κ2) is 6.36. The summed E-state index contributed by atoms with van der Waals surface area (Å²) >= 11 is 0. The van der Waals surface area contributed by atoms with Gasteiger partial charge in [0.1, 0.15) is 0 Å². The van der Waals surface area contributed by atoms with Gasteiger partial charge in [-0.15, -0.1) is 0 Å². The van der Waals surface area contributed by atoms with Crippen LogP contribution in [0.3, 0.4) is 0 Å². The lowest BCUT2D eigenvalue weighted by Gasteiger charge is -2.37. The van der Waals surface area contributed by atoms with Crippen molar-refractivity contribution in [1.29, 1.82) is 0 Å². The molecule has 0 heterocycles. The Bertz CT molecular complexity index is 245. The summed E-state index contributed by atoms with van der Waals surface area (Å²) in [6.07, 6.45) is 7.87. The average molecular weight is 254 g/mol. The van der Waals surface area contributed by atoms with E-state index in [1.165, 1.54) is 38.5 Å². The largest absolute Gasteiger partial charge is 0.395 e. The number of aliphatic hydroxyl groups is 1. The fourth-order valence-corrected chi connectivity index (χ4v) is 2.82. The highest BCUT2D eigenvalue weighted by molar-refractivity contribution is 4.92. The number of rotatable bonds is 10. The van der Waals surface area contributed by atoms with Crippen LogP contribution in [0.25, 0.3) is 0 Å². The maximum Gasteiger partial charge on any atom is 0.0558 e. The Morgan fingerprint density at radius 3 is 2.28 bits per heavy atom. The fourth-order valence-electron chi connectivity index (χ4n) is 2.82. The van der Waals surface area contributed by atoms with Crippen molar-refractivity contribution in [3.8, 4) is 0 Å². The first-order chi connectivity index (χ1) is 8.73. The molecule has 0 radical (unpaired) electrons. The Balaban J connectivity index is 1.88. The zero-order valence-electron chi connectivity index (χ0n) is 12.1. The number of hydrogen-bond acceptors (Lipinski definition) is 3. The molecule has 0 aromatic carbocycles. The highest BCUT2D eigenvalue weighted by Gasteiger charge is 2.36. The number of aliphatic hydroxyl groups excluding tert-OH is 1. The van der Waals surface area contributed by atoms with Crippen LogP contribution in [0.1, 0.15) is 52.4 Å². The molecule has 3 heteroatoms. The van der Waals surface area contributed by atoms with Crippen molar-refractivity contribution in [3.05, 3.63) is 0 Å². The molecule has 0 aromatic rings. The number of nitrogens with one attached hydrogen (secondary N) is 1. The molecule has 0 saturated heterocycles. The molecule has 0 spiro atoms. The quantitative estimate of drug-likeness (QED) is 0.626. The van der Waals surface area contributed by atoms with Crippen molar-refractivity contribution in [2.24, 2.45) is 5.41 Å². The topological polar surface area (TPSA) is 35.5 Å². The number of nitrogens with zero attached hydrogens (tertiary/aromatic N) is 1. The van der Waals surface area contributed by atoms with Gasteiger partial charge in [-0.2, -0.15) is 0 Å². The summed E-state index contributed by atoms with van der Waals surface area (Å²) < 4.78 is 0. The van der Waals surface area contributed by atoms with Crippen molar-refractivity contribution in [2.75, 3.05) is 26.2 Å². The van der Waals surface area contributed by atoms with Gasteiger partial charge in [-0.3, -0.25) is 4.90 Å². The minimum Gasteiger partial charge on any atom is -0.395 e. The molecular weight excluding hydrogens is 224 g/mol. The van der Waals surface area contributed by atoms with Gasteiger partial charge < -0.3 is 10.4 Å². The Hall–Kier alpha value is -0.120. The monoisotopic (exact) mass is 254 g/mol. The van der Waals surface area contributed by atoms with Crippen LogP contribution in [-0.4, -0.2) is 48.3 Å². The van der Waals surface area contributed by atoms with Crippen molar-refractivity contribution < 1.29 is 5.11 Å². The van der Waals surface area contributed by atoms with Crippen LogP contribution < -0.4 is 5.32 Å². The van der Waals surface area contributed by atoms with Gasteiger partial charge in [0.15, 0.2) is 0 Å². The molecule has 0 atom stereocenters. The van der Waals surface area contributed by atoms with Crippen LogP contribution in [0, 0.1) is 5.41 Å². The molecule has 2 aliphatic rings. The normalized spacial score (nSPS) is 20.7. The molecule has 2 aliphatic carbocycles. The van der Waals surface area contributed by atoms with Crippen LogP contribution in [0.4, 0.5) is 0 Å². The van der Waals surface area contributed by atoms with E-state index in [0.717, 1.165) is 31.7 Å². The van der Waals surface area contributed by atoms with E-state index >= 15 is 0 Å². The lowest BCUT2D eigenvalue weighted by Crippen LogP contribution is -2.45. The van der Waals surface area contributed by atoms with Gasteiger partial charge in [-0.25, -0.2) is 0 Å². The Morgan fingerprint density at radius 2 is 1.83 bits per heavy atom. The average Bonchev–Trinajstić information content (AvgIpc) is 3.27. The van der Waals surface area contributed by atoms with E-state index < -0.39 is 0 Å². The van der Waals surface area contributed by atoms with Crippen LogP contribution in [0.15, 0.2) is 0 Å². The zero-order valence-corrected chi connectivity index (χ0v) is 12.1. The SMILES string of the molecule is CCC(CC)(CNC1CC1)CN(CCO)C1CC1. The minimum atomic E-state index is 0.302. The molecule has 2 N–H and O–H groups in total. The highest BCUT2D eigenvalue weighted by Crippen LogP contribution is 2.34. The summed E-state index contributed by atoms with van der Waals surface area (Å²) in [7, 11) is 0. The molecule has 3 nitrogen and oxygen atoms in total. The van der Waals surface area contributed by atoms with E-state index in [-0.39, 0.29) is 0 Å². The van der Waals surface area contributed by atoms with E-state index in [0.29, 0.717) is 12.0 Å². The molecule has 0 unspecified atom stereocenters. The van der Waals surface area contributed by atoms with Crippen LogP contribution in [0.5, 0.6) is 0 Å². The van der Waals surface area contributed by atoms with E-state index in [1.807, 2.05) is 0 Å². The predicted octanol–water partition coefficient (Wildman–Crippen LogP) is 2.00. The first kappa shape index (κ1) is 14.3. The lowest BCUT2D eigenvalue weighted by molar-refractivity contribution is 0.107. The van der Waals surface area contributed by atoms with Gasteiger partial charge in [0.2, 0.25) is 0 Å². The minimum absolute atomic E-state index is 0.302. The molecular formula is C15H30N2O. The van der Waals surface area contributed by atoms with Crippen molar-refractivity contribution in [1.82, 2.24) is 10.2 Å². The van der Waals surface area contributed by atoms with E-state index in [4.69, 9.17) is 0 Å². The van der Waals surface area contributed by atoms with Gasteiger partial charge in [-0.05, 0) is 43.9 Å². The van der Waals surface area contributed by atoms with E-state index in [1.54, 1.807) is 0 Å². The molecule has 0 aliphatic heterocycles. The lowest BCUT2D eigenvalue weighted by atomic mass is 9.81. The van der Waals surface area contributed by atoms with Gasteiger partial charge in [-0.1, -0.05) is 13.8 Å². The second-order valence-electron chi connectivity index (χ2n) is 6.29. The maximum absolute atomic E-state index is 9.23. The van der Waals surface area contributed by atoms with Crippen molar-refractivity contribution in [2.45, 2.75) is 64.5 Å². The zero-order chi connectivity index (χ0) is 13.0. The summed E-state index contributed by atoms with van der Waals surface area (Å²) in [5.41, 5.74) is 0.403. The van der Waals surface area contributed by atoms with Crippen molar-refractivity contribution >= 4 is 0 Å². The summed E-state index contributed by atoms with van der Waals surface area (Å²) in [6.45, 7) is 8.11. The summed E-state index contributed by atoms with van der Waals surface area (Å²) in [5.74, 6) is 0. The second-order valence-corrected chi connectivity index (χ2v) is 6.29. The predicted molar refractivity (Wildman–Crippen MR) is 75.7 cm³/mol. The fraction of sp³-hybridized carbons (Fsp3) is 1.00. The van der Waals surface area contributed by atoms with E-state index in [2.05, 4.69) is 24.1 Å². The summed E-state index contributed by atoms with van der Waals surface area (Å²) in [5, 5.41) is 12.9. The molecule has 2 saturated carbocycles. The van der Waals surface area contributed by atoms with E-state index in [9.17, 15) is 5.11 Å². The Kier molecular flexibility index (Phi) is 5.05. The third-order valence-electron chi connectivity index (χ3n) is 4.83. The van der Waals surface area contributed by atoms with Gasteiger partial charge in [0.25, 0.3) is 0 Å².